The maximum atomic E-state index is 12.8. The molecule has 0 aromatic heterocycles. The molecule has 0 rings (SSSR count). The average Bonchev–Trinajstić information content (AvgIpc) is 3.39. The third-order valence-electron chi connectivity index (χ3n) is 12.8. The Bertz CT molecular complexity index is 1490. The number of unbranched alkanes of at least 4 members (excludes halogenated alkanes) is 25. The Kier molecular flexibility index (Phi) is 57.4. The summed E-state index contributed by atoms with van der Waals surface area (Å²) in [6.45, 7) is 6.39. The van der Waals surface area contributed by atoms with E-state index < -0.39 is 6.10 Å². The summed E-state index contributed by atoms with van der Waals surface area (Å²) in [7, 11) is 0. The first-order valence-electron chi connectivity index (χ1n) is 30.4. The van der Waals surface area contributed by atoms with Crippen LogP contribution in [0.4, 0.5) is 0 Å². The first kappa shape index (κ1) is 69.1. The Morgan fingerprint density at radius 1 is 0.288 bits per heavy atom. The van der Waals surface area contributed by atoms with Crippen LogP contribution in [0.3, 0.4) is 0 Å². The van der Waals surface area contributed by atoms with Gasteiger partial charge in [-0.1, -0.05) is 265 Å². The monoisotopic (exact) mass is 1010 g/mol. The molecular weight excluding hydrogens is 901 g/mol. The topological polar surface area (TPSA) is 78.9 Å². The van der Waals surface area contributed by atoms with E-state index in [-0.39, 0.29) is 31.1 Å². The molecule has 0 aliphatic heterocycles. The van der Waals surface area contributed by atoms with Crippen LogP contribution in [-0.4, -0.2) is 37.2 Å². The number of hydrogen-bond acceptors (Lipinski definition) is 6. The zero-order valence-electron chi connectivity index (χ0n) is 47.6. The van der Waals surface area contributed by atoms with Gasteiger partial charge >= 0.3 is 17.9 Å². The molecule has 0 saturated carbocycles. The Labute approximate surface area is 450 Å². The van der Waals surface area contributed by atoms with Gasteiger partial charge in [0.2, 0.25) is 0 Å². The van der Waals surface area contributed by atoms with Crippen molar-refractivity contribution in [1.29, 1.82) is 0 Å². The van der Waals surface area contributed by atoms with E-state index in [4.69, 9.17) is 14.2 Å². The molecule has 0 N–H and O–H groups in total. The molecular formula is C67H112O6. The molecule has 1 unspecified atom stereocenters. The Morgan fingerprint density at radius 2 is 0.534 bits per heavy atom. The number of hydrogen-bond donors (Lipinski definition) is 0. The molecule has 0 aromatic carbocycles. The van der Waals surface area contributed by atoms with Gasteiger partial charge < -0.3 is 14.2 Å². The summed E-state index contributed by atoms with van der Waals surface area (Å²) in [6.07, 6.45) is 82.4. The first-order valence-corrected chi connectivity index (χ1v) is 30.4. The zero-order valence-corrected chi connectivity index (χ0v) is 47.6. The van der Waals surface area contributed by atoms with E-state index in [1.54, 1.807) is 0 Å². The highest BCUT2D eigenvalue weighted by Gasteiger charge is 2.19. The van der Waals surface area contributed by atoms with Gasteiger partial charge in [0.25, 0.3) is 0 Å². The van der Waals surface area contributed by atoms with Crippen LogP contribution in [0.15, 0.2) is 109 Å². The Hall–Kier alpha value is -3.93. The minimum Gasteiger partial charge on any atom is -0.462 e. The summed E-state index contributed by atoms with van der Waals surface area (Å²) in [5.74, 6) is -0.920. The SMILES string of the molecule is CC/C=C\C/C=C\C/C=C\C/C=C\C/C=C\C/C=C\CCCCCCCCCCCCC(=O)OCC(COC(=O)CCCCCCCCCCCCCCC)OC(=O)CCCCC/C=C\C/C=C\C/C=C\CC. The molecule has 0 bridgehead atoms. The predicted molar refractivity (Wildman–Crippen MR) is 316 cm³/mol. The lowest BCUT2D eigenvalue weighted by Gasteiger charge is -2.18. The van der Waals surface area contributed by atoms with E-state index in [9.17, 15) is 14.4 Å². The highest BCUT2D eigenvalue weighted by atomic mass is 16.6. The van der Waals surface area contributed by atoms with E-state index in [0.29, 0.717) is 19.3 Å². The average molecular weight is 1010 g/mol. The first-order chi connectivity index (χ1) is 36.0. The van der Waals surface area contributed by atoms with E-state index in [0.717, 1.165) is 122 Å². The van der Waals surface area contributed by atoms with Gasteiger partial charge in [-0.3, -0.25) is 14.4 Å². The van der Waals surface area contributed by atoms with E-state index in [1.807, 2.05) is 0 Å². The number of carbonyl (C=O) groups excluding carboxylic acids is 3. The van der Waals surface area contributed by atoms with Crippen molar-refractivity contribution in [3.8, 4) is 0 Å². The van der Waals surface area contributed by atoms with Gasteiger partial charge in [0, 0.05) is 19.3 Å². The number of ether oxygens (including phenoxy) is 3. The minimum absolute atomic E-state index is 0.0894. The van der Waals surface area contributed by atoms with Crippen LogP contribution < -0.4 is 0 Å². The predicted octanol–water partition coefficient (Wildman–Crippen LogP) is 20.7. The van der Waals surface area contributed by atoms with E-state index >= 15 is 0 Å². The van der Waals surface area contributed by atoms with E-state index in [2.05, 4.69) is 130 Å². The van der Waals surface area contributed by atoms with Crippen molar-refractivity contribution in [3.05, 3.63) is 109 Å². The van der Waals surface area contributed by atoms with Crippen molar-refractivity contribution in [2.45, 2.75) is 284 Å². The van der Waals surface area contributed by atoms with Gasteiger partial charge in [-0.05, 0) is 103 Å². The van der Waals surface area contributed by atoms with Gasteiger partial charge in [0.05, 0.1) is 0 Å². The quantitative estimate of drug-likeness (QED) is 0.0261. The molecule has 0 aromatic rings. The molecule has 0 saturated heterocycles. The third kappa shape index (κ3) is 58.8. The van der Waals surface area contributed by atoms with Crippen LogP contribution in [0, 0.1) is 0 Å². The Balaban J connectivity index is 4.26. The van der Waals surface area contributed by atoms with Crippen molar-refractivity contribution < 1.29 is 28.6 Å². The second kappa shape index (κ2) is 60.6. The smallest absolute Gasteiger partial charge is 0.306 e. The molecule has 6 heteroatoms. The molecule has 0 amide bonds. The molecule has 0 aliphatic carbocycles. The van der Waals surface area contributed by atoms with Crippen molar-refractivity contribution in [2.24, 2.45) is 0 Å². The molecule has 416 valence electrons. The third-order valence-corrected chi connectivity index (χ3v) is 12.8. The molecule has 73 heavy (non-hydrogen) atoms. The van der Waals surface area contributed by atoms with Gasteiger partial charge in [-0.15, -0.1) is 0 Å². The largest absolute Gasteiger partial charge is 0.462 e. The van der Waals surface area contributed by atoms with Crippen LogP contribution in [0.1, 0.15) is 278 Å². The summed E-state index contributed by atoms with van der Waals surface area (Å²) in [5.41, 5.74) is 0. The highest BCUT2D eigenvalue weighted by molar-refractivity contribution is 5.71. The van der Waals surface area contributed by atoms with Gasteiger partial charge in [0.15, 0.2) is 6.10 Å². The highest BCUT2D eigenvalue weighted by Crippen LogP contribution is 2.16. The molecule has 0 aliphatic rings. The van der Waals surface area contributed by atoms with Crippen LogP contribution in [0.2, 0.25) is 0 Å². The van der Waals surface area contributed by atoms with Gasteiger partial charge in [-0.2, -0.15) is 0 Å². The maximum Gasteiger partial charge on any atom is 0.306 e. The second-order valence-electron chi connectivity index (χ2n) is 19.9. The number of carbonyl (C=O) groups is 3. The van der Waals surface area contributed by atoms with Crippen molar-refractivity contribution in [3.63, 3.8) is 0 Å². The molecule has 0 heterocycles. The van der Waals surface area contributed by atoms with Gasteiger partial charge in [0.1, 0.15) is 13.2 Å². The second-order valence-corrected chi connectivity index (χ2v) is 19.9. The summed E-state index contributed by atoms with van der Waals surface area (Å²) in [6, 6.07) is 0. The fraction of sp³-hybridized carbons (Fsp3) is 0.687. The maximum absolute atomic E-state index is 12.8. The van der Waals surface area contributed by atoms with E-state index in [1.165, 1.54) is 116 Å². The van der Waals surface area contributed by atoms with Crippen molar-refractivity contribution >= 4 is 17.9 Å². The zero-order chi connectivity index (χ0) is 52.9. The summed E-state index contributed by atoms with van der Waals surface area (Å²) in [4.78, 5) is 38.1. The fourth-order valence-corrected chi connectivity index (χ4v) is 8.28. The summed E-state index contributed by atoms with van der Waals surface area (Å²) in [5, 5.41) is 0. The van der Waals surface area contributed by atoms with Crippen LogP contribution in [0.5, 0.6) is 0 Å². The normalized spacial score (nSPS) is 12.9. The number of allylic oxidation sites excluding steroid dienone is 18. The number of rotatable bonds is 54. The summed E-state index contributed by atoms with van der Waals surface area (Å²) >= 11 is 0. The molecule has 6 nitrogen and oxygen atoms in total. The Morgan fingerprint density at radius 3 is 0.849 bits per heavy atom. The van der Waals surface area contributed by atoms with Crippen LogP contribution in [-0.2, 0) is 28.6 Å². The number of esters is 3. The lowest BCUT2D eigenvalue weighted by Crippen LogP contribution is -2.30. The lowest BCUT2D eigenvalue weighted by atomic mass is 10.0. The van der Waals surface area contributed by atoms with Crippen LogP contribution >= 0.6 is 0 Å². The lowest BCUT2D eigenvalue weighted by molar-refractivity contribution is -0.167. The molecule has 0 fully saturated rings. The molecule has 0 spiro atoms. The molecule has 1 atom stereocenters. The van der Waals surface area contributed by atoms with Crippen molar-refractivity contribution in [2.75, 3.05) is 13.2 Å². The standard InChI is InChI=1S/C67H112O6/c1-4-7-10-13-16-19-22-25-26-27-28-29-30-31-32-33-34-35-36-37-38-39-40-43-45-48-51-54-57-60-66(69)72-63-64(73-67(70)61-58-55-52-49-46-42-24-21-18-15-12-9-6-3)62-71-65(68)59-56-53-50-47-44-41-23-20-17-14-11-8-5-2/h7,9-10,12,16,18-19,21,25-26,28-29,31-32,34-35,42,46,64H,4-6,8,11,13-15,17,20,22-24,27,30,33,36-41,43-45,47-63H2,1-3H3/b10-7-,12-9-,19-16-,21-18-,26-25-,29-28-,32-31-,35-34-,46-42-. The minimum atomic E-state index is -0.794. The van der Waals surface area contributed by atoms with Gasteiger partial charge in [-0.25, -0.2) is 0 Å². The van der Waals surface area contributed by atoms with Crippen molar-refractivity contribution in [1.82, 2.24) is 0 Å². The summed E-state index contributed by atoms with van der Waals surface area (Å²) < 4.78 is 16.8. The van der Waals surface area contributed by atoms with Crippen LogP contribution in [0.25, 0.3) is 0 Å². The molecule has 0 radical (unpaired) electrons. The fourth-order valence-electron chi connectivity index (χ4n) is 8.28.